The van der Waals surface area contributed by atoms with Gasteiger partial charge >= 0.3 is 0 Å². The van der Waals surface area contributed by atoms with Gasteiger partial charge in [0.25, 0.3) is 0 Å². The van der Waals surface area contributed by atoms with Gasteiger partial charge in [0, 0.05) is 25.2 Å². The molecule has 0 aliphatic heterocycles. The van der Waals surface area contributed by atoms with Gasteiger partial charge < -0.3 is 4.57 Å². The molecule has 0 saturated carbocycles. The number of sulfone groups is 1. The molecule has 0 aliphatic carbocycles. The van der Waals surface area contributed by atoms with Crippen molar-refractivity contribution in [3.8, 4) is 0 Å². The molecule has 0 unspecified atom stereocenters. The molecule has 0 spiro atoms. The lowest BCUT2D eigenvalue weighted by Crippen LogP contribution is -2.08. The SMILES string of the molecule is CS(=O)(=O)CCCn1ccnc1C=O. The Morgan fingerprint density at radius 2 is 2.29 bits per heavy atom. The molecule has 0 fully saturated rings. The topological polar surface area (TPSA) is 69.0 Å². The molecule has 0 N–H and O–H groups in total. The van der Waals surface area contributed by atoms with Crippen LogP contribution in [0.15, 0.2) is 12.4 Å². The molecule has 1 aromatic heterocycles. The maximum Gasteiger partial charge on any atom is 0.185 e. The van der Waals surface area contributed by atoms with Crippen molar-refractivity contribution in [2.75, 3.05) is 12.0 Å². The van der Waals surface area contributed by atoms with Gasteiger partial charge in [0.2, 0.25) is 0 Å². The van der Waals surface area contributed by atoms with Crippen molar-refractivity contribution in [2.45, 2.75) is 13.0 Å². The van der Waals surface area contributed by atoms with Gasteiger partial charge in [-0.15, -0.1) is 0 Å². The molecule has 78 valence electrons. The number of rotatable bonds is 5. The van der Waals surface area contributed by atoms with Crippen LogP contribution in [0, 0.1) is 0 Å². The Balaban J connectivity index is 2.50. The number of carbonyl (C=O) groups is 1. The van der Waals surface area contributed by atoms with Crippen molar-refractivity contribution >= 4 is 16.1 Å². The zero-order valence-corrected chi connectivity index (χ0v) is 8.70. The van der Waals surface area contributed by atoms with E-state index in [1.54, 1.807) is 10.8 Å². The third kappa shape index (κ3) is 3.29. The summed E-state index contributed by atoms with van der Waals surface area (Å²) in [4.78, 5) is 14.2. The van der Waals surface area contributed by atoms with Gasteiger partial charge in [-0.1, -0.05) is 0 Å². The monoisotopic (exact) mass is 216 g/mol. The number of hydrogen-bond acceptors (Lipinski definition) is 4. The molecule has 0 amide bonds. The van der Waals surface area contributed by atoms with Gasteiger partial charge in [-0.2, -0.15) is 0 Å². The molecular formula is C8H12N2O3S. The largest absolute Gasteiger partial charge is 0.329 e. The van der Waals surface area contributed by atoms with Gasteiger partial charge in [0.05, 0.1) is 5.75 Å². The average Bonchev–Trinajstić information content (AvgIpc) is 2.49. The third-order valence-corrected chi connectivity index (χ3v) is 2.80. The van der Waals surface area contributed by atoms with Crippen LogP contribution in [0.2, 0.25) is 0 Å². The summed E-state index contributed by atoms with van der Waals surface area (Å²) in [6.45, 7) is 0.501. The first-order valence-corrected chi connectivity index (χ1v) is 6.23. The maximum atomic E-state index is 10.8. The fourth-order valence-corrected chi connectivity index (χ4v) is 1.78. The number of nitrogens with zero attached hydrogens (tertiary/aromatic N) is 2. The molecule has 1 aromatic rings. The summed E-state index contributed by atoms with van der Waals surface area (Å²) in [5.41, 5.74) is 0. The van der Waals surface area contributed by atoms with Crippen LogP contribution in [0.1, 0.15) is 17.0 Å². The number of aldehydes is 1. The first-order valence-electron chi connectivity index (χ1n) is 4.17. The van der Waals surface area contributed by atoms with E-state index in [4.69, 9.17) is 0 Å². The van der Waals surface area contributed by atoms with Gasteiger partial charge in [-0.25, -0.2) is 13.4 Å². The standard InChI is InChI=1S/C8H12N2O3S/c1-14(12,13)6-2-4-10-5-3-9-8(10)7-11/h3,5,7H,2,4,6H2,1H3. The summed E-state index contributed by atoms with van der Waals surface area (Å²) in [6, 6.07) is 0. The van der Waals surface area contributed by atoms with E-state index in [1.165, 1.54) is 12.5 Å². The fraction of sp³-hybridized carbons (Fsp3) is 0.500. The van der Waals surface area contributed by atoms with Crippen molar-refractivity contribution in [3.05, 3.63) is 18.2 Å². The second-order valence-corrected chi connectivity index (χ2v) is 5.34. The summed E-state index contributed by atoms with van der Waals surface area (Å²) in [5.74, 6) is 0.460. The Hall–Kier alpha value is -1.17. The quantitative estimate of drug-likeness (QED) is 0.656. The van der Waals surface area contributed by atoms with Crippen molar-refractivity contribution < 1.29 is 13.2 Å². The lowest BCUT2D eigenvalue weighted by Gasteiger charge is -2.02. The third-order valence-electron chi connectivity index (χ3n) is 1.77. The fourth-order valence-electron chi connectivity index (χ4n) is 1.12. The summed E-state index contributed by atoms with van der Waals surface area (Å²) < 4.78 is 23.3. The lowest BCUT2D eigenvalue weighted by molar-refractivity contribution is 0.111. The Bertz CT molecular complexity index is 408. The van der Waals surface area contributed by atoms with Crippen molar-refractivity contribution in [2.24, 2.45) is 0 Å². The predicted molar refractivity (Wildman–Crippen MR) is 51.9 cm³/mol. The molecule has 6 heteroatoms. The maximum absolute atomic E-state index is 10.8. The molecule has 0 aromatic carbocycles. The molecular weight excluding hydrogens is 204 g/mol. The minimum absolute atomic E-state index is 0.128. The van der Waals surface area contributed by atoms with E-state index in [1.807, 2.05) is 0 Å². The summed E-state index contributed by atoms with van der Waals surface area (Å²) in [6.07, 6.45) is 5.52. The minimum Gasteiger partial charge on any atom is -0.329 e. The second kappa shape index (κ2) is 4.36. The predicted octanol–water partition coefficient (Wildman–Crippen LogP) is 0.130. The van der Waals surface area contributed by atoms with Gasteiger partial charge in [-0.05, 0) is 6.42 Å². The molecule has 14 heavy (non-hydrogen) atoms. The average molecular weight is 216 g/mol. The van der Waals surface area contributed by atoms with E-state index in [0.717, 1.165) is 0 Å². The molecule has 0 saturated heterocycles. The minimum atomic E-state index is -2.92. The zero-order valence-electron chi connectivity index (χ0n) is 7.88. The number of hydrogen-bond donors (Lipinski definition) is 0. The van der Waals surface area contributed by atoms with E-state index in [2.05, 4.69) is 4.98 Å². The van der Waals surface area contributed by atoms with Crippen LogP contribution in [-0.4, -0.2) is 36.3 Å². The summed E-state index contributed by atoms with van der Waals surface area (Å²) in [5, 5.41) is 0. The van der Waals surface area contributed by atoms with Gasteiger partial charge in [-0.3, -0.25) is 4.79 Å². The van der Waals surface area contributed by atoms with E-state index in [0.29, 0.717) is 25.1 Å². The molecule has 0 radical (unpaired) electrons. The molecule has 0 aliphatic rings. The first kappa shape index (κ1) is 10.9. The van der Waals surface area contributed by atoms with Crippen LogP contribution in [-0.2, 0) is 16.4 Å². The van der Waals surface area contributed by atoms with E-state index in [9.17, 15) is 13.2 Å². The van der Waals surface area contributed by atoms with Crippen LogP contribution in [0.5, 0.6) is 0 Å². The van der Waals surface area contributed by atoms with Gasteiger partial charge in [0.1, 0.15) is 9.84 Å². The van der Waals surface area contributed by atoms with Crippen molar-refractivity contribution in [1.29, 1.82) is 0 Å². The molecule has 1 rings (SSSR count). The molecule has 0 atom stereocenters. The Morgan fingerprint density at radius 3 is 2.86 bits per heavy atom. The number of aromatic nitrogens is 2. The number of carbonyl (C=O) groups excluding carboxylic acids is 1. The second-order valence-electron chi connectivity index (χ2n) is 3.08. The van der Waals surface area contributed by atoms with Crippen LogP contribution in [0.4, 0.5) is 0 Å². The summed E-state index contributed by atoms with van der Waals surface area (Å²) >= 11 is 0. The van der Waals surface area contributed by atoms with Crippen molar-refractivity contribution in [3.63, 3.8) is 0 Å². The van der Waals surface area contributed by atoms with E-state index >= 15 is 0 Å². The molecule has 0 bridgehead atoms. The van der Waals surface area contributed by atoms with E-state index in [-0.39, 0.29) is 5.75 Å². The molecule has 1 heterocycles. The van der Waals surface area contributed by atoms with Crippen LogP contribution in [0.3, 0.4) is 0 Å². The normalized spacial score (nSPS) is 11.5. The molecule has 5 nitrogen and oxygen atoms in total. The Labute approximate surface area is 82.7 Å². The highest BCUT2D eigenvalue weighted by molar-refractivity contribution is 7.90. The van der Waals surface area contributed by atoms with Crippen LogP contribution >= 0.6 is 0 Å². The van der Waals surface area contributed by atoms with Crippen molar-refractivity contribution in [1.82, 2.24) is 9.55 Å². The zero-order chi connectivity index (χ0) is 10.6. The van der Waals surface area contributed by atoms with Crippen LogP contribution < -0.4 is 0 Å². The Morgan fingerprint density at radius 1 is 1.57 bits per heavy atom. The highest BCUT2D eigenvalue weighted by Gasteiger charge is 2.04. The van der Waals surface area contributed by atoms with E-state index < -0.39 is 9.84 Å². The Kier molecular flexibility index (Phi) is 3.40. The number of aryl methyl sites for hydroxylation is 1. The number of imidazole rings is 1. The first-order chi connectivity index (χ1) is 6.53. The van der Waals surface area contributed by atoms with Gasteiger partial charge in [0.15, 0.2) is 12.1 Å². The smallest absolute Gasteiger partial charge is 0.185 e. The highest BCUT2D eigenvalue weighted by Crippen LogP contribution is 1.98. The summed E-state index contributed by atoms with van der Waals surface area (Å²) in [7, 11) is -2.92. The highest BCUT2D eigenvalue weighted by atomic mass is 32.2. The lowest BCUT2D eigenvalue weighted by atomic mass is 10.4. The van der Waals surface area contributed by atoms with Crippen LogP contribution in [0.25, 0.3) is 0 Å².